The van der Waals surface area contributed by atoms with Crippen molar-refractivity contribution in [2.75, 3.05) is 6.61 Å². The smallest absolute Gasteiger partial charge is 0.0761 e. The molecule has 0 saturated heterocycles. The summed E-state index contributed by atoms with van der Waals surface area (Å²) in [6.45, 7) is -0.00931. The van der Waals surface area contributed by atoms with Crippen molar-refractivity contribution in [2.45, 2.75) is 0 Å². The Morgan fingerprint density at radius 2 is 2.29 bits per heavy atom. The van der Waals surface area contributed by atoms with Gasteiger partial charge in [-0.15, -0.1) is 31.0 Å². The predicted molar refractivity (Wildman–Crippen MR) is 36.7 cm³/mol. The Balaban J connectivity index is 3.62. The molecule has 0 unspecified atom stereocenters. The highest BCUT2D eigenvalue weighted by molar-refractivity contribution is 8.04. The van der Waals surface area contributed by atoms with E-state index in [2.05, 4.69) is 31.0 Å². The number of hydrogen-bond donors (Lipinski definition) is 3. The predicted octanol–water partition coefficient (Wildman–Crippen LogP) is 0.835. The van der Waals surface area contributed by atoms with Crippen LogP contribution in [0.1, 0.15) is 0 Å². The molecule has 0 atom stereocenters. The topological polar surface area (TPSA) is 20.2 Å². The van der Waals surface area contributed by atoms with Crippen molar-refractivity contribution < 1.29 is 5.11 Å². The maximum absolute atomic E-state index is 8.12. The molecule has 0 spiro atoms. The Morgan fingerprint density at radius 1 is 1.71 bits per heavy atom. The van der Waals surface area contributed by atoms with E-state index in [4.69, 9.17) is 5.11 Å². The standard InChI is InChI=1S/C4H6OS2/c5-3-1-2-4(6)7/h1,5-7H,3H2. The fraction of sp³-hybridized carbons (Fsp3) is 0.250. The molecule has 0 radical (unpaired) electrons. The third-order valence-corrected chi connectivity index (χ3v) is 0.581. The van der Waals surface area contributed by atoms with Crippen LogP contribution in [0.2, 0.25) is 0 Å². The summed E-state index contributed by atoms with van der Waals surface area (Å²) in [5.41, 5.74) is 2.57. The van der Waals surface area contributed by atoms with Crippen molar-refractivity contribution in [1.82, 2.24) is 0 Å². The van der Waals surface area contributed by atoms with Gasteiger partial charge in [-0.2, -0.15) is 0 Å². The Kier molecular flexibility index (Phi) is 4.45. The van der Waals surface area contributed by atoms with Crippen molar-refractivity contribution in [2.24, 2.45) is 0 Å². The lowest BCUT2D eigenvalue weighted by molar-refractivity contribution is 0.343. The molecule has 0 aliphatic rings. The van der Waals surface area contributed by atoms with Crippen molar-refractivity contribution in [1.29, 1.82) is 0 Å². The Morgan fingerprint density at radius 3 is 2.43 bits per heavy atom. The van der Waals surface area contributed by atoms with Gasteiger partial charge in [-0.25, -0.2) is 0 Å². The summed E-state index contributed by atoms with van der Waals surface area (Å²) >= 11 is 7.52. The fourth-order valence-electron chi connectivity index (χ4n) is 0.137. The molecule has 0 fully saturated rings. The van der Waals surface area contributed by atoms with Gasteiger partial charge in [0.15, 0.2) is 0 Å². The Labute approximate surface area is 53.6 Å². The van der Waals surface area contributed by atoms with E-state index in [1.807, 2.05) is 0 Å². The summed E-state index contributed by atoms with van der Waals surface area (Å²) in [5, 5.41) is 8.12. The number of thiol groups is 2. The van der Waals surface area contributed by atoms with Crippen molar-refractivity contribution in [3.8, 4) is 0 Å². The van der Waals surface area contributed by atoms with Gasteiger partial charge in [0.2, 0.25) is 0 Å². The van der Waals surface area contributed by atoms with Gasteiger partial charge in [0.05, 0.1) is 10.8 Å². The second-order valence-electron chi connectivity index (χ2n) is 0.855. The number of aliphatic hydroxyl groups is 1. The van der Waals surface area contributed by atoms with E-state index >= 15 is 0 Å². The van der Waals surface area contributed by atoms with Gasteiger partial charge in [0.25, 0.3) is 0 Å². The fourth-order valence-corrected chi connectivity index (χ4v) is 0.320. The molecule has 3 heteroatoms. The molecule has 0 saturated carbocycles. The normalized spacial score (nSPS) is 7.29. The van der Waals surface area contributed by atoms with Crippen molar-refractivity contribution >= 4 is 25.3 Å². The van der Waals surface area contributed by atoms with Gasteiger partial charge in [-0.05, 0) is 6.08 Å². The van der Waals surface area contributed by atoms with E-state index in [0.717, 1.165) is 0 Å². The summed E-state index contributed by atoms with van der Waals surface area (Å²) in [4.78, 5) is 0. The first kappa shape index (κ1) is 7.18. The van der Waals surface area contributed by atoms with E-state index in [0.29, 0.717) is 4.24 Å². The third-order valence-electron chi connectivity index (χ3n) is 0.322. The molecular formula is C4H6OS2. The molecule has 0 aliphatic carbocycles. The molecule has 0 bridgehead atoms. The van der Waals surface area contributed by atoms with Crippen LogP contribution in [-0.2, 0) is 0 Å². The lowest BCUT2D eigenvalue weighted by Gasteiger charge is -1.72. The van der Waals surface area contributed by atoms with E-state index in [1.165, 1.54) is 6.08 Å². The average Bonchev–Trinajstić information content (AvgIpc) is 1.61. The molecule has 7 heavy (non-hydrogen) atoms. The molecule has 0 aromatic heterocycles. The van der Waals surface area contributed by atoms with Gasteiger partial charge in [0, 0.05) is 0 Å². The van der Waals surface area contributed by atoms with E-state index < -0.39 is 0 Å². The summed E-state index contributed by atoms with van der Waals surface area (Å²) in [6.07, 6.45) is 1.44. The molecule has 1 N–H and O–H groups in total. The molecule has 0 aromatic rings. The first-order chi connectivity index (χ1) is 3.27. The largest absolute Gasteiger partial charge is 0.392 e. The second-order valence-corrected chi connectivity index (χ2v) is 2.10. The van der Waals surface area contributed by atoms with E-state index in [1.54, 1.807) is 0 Å². The van der Waals surface area contributed by atoms with Crippen molar-refractivity contribution in [3.63, 3.8) is 0 Å². The van der Waals surface area contributed by atoms with Crippen LogP contribution in [0.4, 0.5) is 0 Å². The van der Waals surface area contributed by atoms with Crippen LogP contribution in [0.3, 0.4) is 0 Å². The highest BCUT2D eigenvalue weighted by Gasteiger charge is 1.66. The number of aliphatic hydroxyl groups excluding tert-OH is 1. The summed E-state index contributed by atoms with van der Waals surface area (Å²) < 4.78 is 0.481. The molecule has 0 heterocycles. The van der Waals surface area contributed by atoms with Crippen LogP contribution in [0.5, 0.6) is 0 Å². The van der Waals surface area contributed by atoms with Gasteiger partial charge < -0.3 is 5.11 Å². The third kappa shape index (κ3) is 6.18. The average molecular weight is 134 g/mol. The molecule has 40 valence electrons. The highest BCUT2D eigenvalue weighted by Crippen LogP contribution is 1.99. The molecule has 0 aromatic carbocycles. The number of rotatable bonds is 1. The summed E-state index contributed by atoms with van der Waals surface area (Å²) in [5.74, 6) is 0. The van der Waals surface area contributed by atoms with Gasteiger partial charge in [-0.3, -0.25) is 0 Å². The zero-order valence-corrected chi connectivity index (χ0v) is 5.41. The molecule has 0 amide bonds. The lowest BCUT2D eigenvalue weighted by Crippen LogP contribution is -1.65. The molecule has 1 nitrogen and oxygen atoms in total. The minimum absolute atomic E-state index is 0.00931. The maximum atomic E-state index is 8.12. The summed E-state index contributed by atoms with van der Waals surface area (Å²) in [7, 11) is 0. The first-order valence-electron chi connectivity index (χ1n) is 1.71. The molecular weight excluding hydrogens is 128 g/mol. The SMILES string of the molecule is OCC=C=C(S)S. The Bertz CT molecular complexity index is 98.3. The highest BCUT2D eigenvalue weighted by atomic mass is 32.2. The number of hydrogen-bond acceptors (Lipinski definition) is 3. The van der Waals surface area contributed by atoms with Crippen LogP contribution in [0.25, 0.3) is 0 Å². The maximum Gasteiger partial charge on any atom is 0.0761 e. The minimum Gasteiger partial charge on any atom is -0.392 e. The van der Waals surface area contributed by atoms with Crippen LogP contribution < -0.4 is 0 Å². The second kappa shape index (κ2) is 4.34. The van der Waals surface area contributed by atoms with Crippen LogP contribution in [0.15, 0.2) is 16.0 Å². The lowest BCUT2D eigenvalue weighted by atomic mass is 10.6. The first-order valence-corrected chi connectivity index (χ1v) is 2.60. The summed E-state index contributed by atoms with van der Waals surface area (Å²) in [6, 6.07) is 0. The van der Waals surface area contributed by atoms with Crippen molar-refractivity contribution in [3.05, 3.63) is 16.0 Å². The monoisotopic (exact) mass is 134 g/mol. The van der Waals surface area contributed by atoms with E-state index in [-0.39, 0.29) is 6.61 Å². The van der Waals surface area contributed by atoms with Crippen LogP contribution >= 0.6 is 25.3 Å². The van der Waals surface area contributed by atoms with Gasteiger partial charge >= 0.3 is 0 Å². The molecule has 0 aliphatic heterocycles. The zero-order chi connectivity index (χ0) is 5.70. The minimum atomic E-state index is -0.00931. The van der Waals surface area contributed by atoms with Crippen LogP contribution in [0, 0.1) is 0 Å². The zero-order valence-electron chi connectivity index (χ0n) is 3.63. The van der Waals surface area contributed by atoms with Crippen LogP contribution in [-0.4, -0.2) is 11.7 Å². The quantitative estimate of drug-likeness (QED) is 0.358. The van der Waals surface area contributed by atoms with Gasteiger partial charge in [0.1, 0.15) is 0 Å². The van der Waals surface area contributed by atoms with Gasteiger partial charge in [-0.1, -0.05) is 0 Å². The Hall–Kier alpha value is 0.180. The molecule has 0 rings (SSSR count). The van der Waals surface area contributed by atoms with E-state index in [9.17, 15) is 0 Å².